The van der Waals surface area contributed by atoms with Crippen LogP contribution in [0.2, 0.25) is 0 Å². The van der Waals surface area contributed by atoms with Gasteiger partial charge in [0.1, 0.15) is 5.69 Å². The zero-order chi connectivity index (χ0) is 14.1. The Hall–Kier alpha value is -2.55. The highest BCUT2D eigenvalue weighted by atomic mass is 16.2. The molecule has 0 radical (unpaired) electrons. The van der Waals surface area contributed by atoms with Gasteiger partial charge in [-0.1, -0.05) is 36.4 Å². The molecule has 0 atom stereocenters. The van der Waals surface area contributed by atoms with Crippen molar-refractivity contribution in [3.63, 3.8) is 0 Å². The van der Waals surface area contributed by atoms with Gasteiger partial charge in [-0.25, -0.2) is 0 Å². The van der Waals surface area contributed by atoms with Crippen molar-refractivity contribution in [3.05, 3.63) is 65.9 Å². The summed E-state index contributed by atoms with van der Waals surface area (Å²) in [7, 11) is 1.79. The first-order valence-corrected chi connectivity index (χ1v) is 6.58. The molecular formula is C17H16N2O. The molecule has 0 bridgehead atoms. The number of fused-ring (bicyclic) bond motifs is 1. The van der Waals surface area contributed by atoms with Crippen molar-refractivity contribution in [2.75, 3.05) is 11.9 Å². The summed E-state index contributed by atoms with van der Waals surface area (Å²) in [4.78, 5) is 17.4. The third-order valence-electron chi connectivity index (χ3n) is 3.54. The van der Waals surface area contributed by atoms with Crippen molar-refractivity contribution < 1.29 is 4.79 Å². The predicted molar refractivity (Wildman–Crippen MR) is 82.2 cm³/mol. The Bertz CT molecular complexity index is 759. The number of amides is 1. The summed E-state index contributed by atoms with van der Waals surface area (Å²) < 4.78 is 0. The van der Waals surface area contributed by atoms with Crippen LogP contribution in [0, 0.1) is 6.92 Å². The van der Waals surface area contributed by atoms with E-state index in [9.17, 15) is 4.79 Å². The van der Waals surface area contributed by atoms with E-state index in [4.69, 9.17) is 0 Å². The van der Waals surface area contributed by atoms with Crippen molar-refractivity contribution in [3.8, 4) is 0 Å². The molecule has 0 spiro atoms. The van der Waals surface area contributed by atoms with Gasteiger partial charge >= 0.3 is 0 Å². The van der Waals surface area contributed by atoms with Crippen molar-refractivity contribution in [2.24, 2.45) is 0 Å². The molecule has 1 N–H and O–H groups in total. The van der Waals surface area contributed by atoms with Gasteiger partial charge in [0, 0.05) is 23.6 Å². The van der Waals surface area contributed by atoms with Gasteiger partial charge in [-0.15, -0.1) is 0 Å². The summed E-state index contributed by atoms with van der Waals surface area (Å²) in [5.74, 6) is -0.0354. The van der Waals surface area contributed by atoms with Crippen LogP contribution in [0.1, 0.15) is 16.1 Å². The van der Waals surface area contributed by atoms with Crippen LogP contribution in [0.15, 0.2) is 54.6 Å². The van der Waals surface area contributed by atoms with Gasteiger partial charge in [0.05, 0.1) is 0 Å². The molecule has 3 aromatic rings. The Morgan fingerprint density at radius 1 is 1.05 bits per heavy atom. The normalized spacial score (nSPS) is 10.7. The molecule has 3 nitrogen and oxygen atoms in total. The van der Waals surface area contributed by atoms with E-state index in [1.807, 2.05) is 61.5 Å². The first-order chi connectivity index (χ1) is 9.66. The maximum absolute atomic E-state index is 12.5. The molecule has 1 aromatic heterocycles. The summed E-state index contributed by atoms with van der Waals surface area (Å²) in [6, 6.07) is 17.6. The largest absolute Gasteiger partial charge is 0.350 e. The number of benzene rings is 2. The van der Waals surface area contributed by atoms with Gasteiger partial charge in [-0.2, -0.15) is 0 Å². The molecule has 0 aliphatic rings. The number of H-pyrrole nitrogens is 1. The molecule has 0 unspecified atom stereocenters. The lowest BCUT2D eigenvalue weighted by atomic mass is 10.2. The number of nitrogens with zero attached hydrogens (tertiary/aromatic N) is 1. The molecule has 0 fully saturated rings. The first kappa shape index (κ1) is 12.5. The minimum atomic E-state index is -0.0354. The molecule has 20 heavy (non-hydrogen) atoms. The number of rotatable bonds is 2. The number of aromatic nitrogens is 1. The maximum Gasteiger partial charge on any atom is 0.274 e. The summed E-state index contributed by atoms with van der Waals surface area (Å²) in [5.41, 5.74) is 3.66. The van der Waals surface area contributed by atoms with Gasteiger partial charge in [0.25, 0.3) is 5.91 Å². The van der Waals surface area contributed by atoms with E-state index >= 15 is 0 Å². The standard InChI is InChI=1S/C17H16N2O/c1-12-7-6-8-13-11-15(18-16(12)13)17(20)19(2)14-9-4-3-5-10-14/h3-11,18H,1-2H3. The van der Waals surface area contributed by atoms with Crippen LogP contribution in [0.4, 0.5) is 5.69 Å². The Balaban J connectivity index is 1.99. The van der Waals surface area contributed by atoms with E-state index in [2.05, 4.69) is 4.98 Å². The summed E-state index contributed by atoms with van der Waals surface area (Å²) in [6.07, 6.45) is 0. The number of carbonyl (C=O) groups is 1. The average molecular weight is 264 g/mol. The number of anilines is 1. The highest BCUT2D eigenvalue weighted by Gasteiger charge is 2.16. The molecule has 3 heteroatoms. The number of carbonyl (C=O) groups excluding carboxylic acids is 1. The third-order valence-corrected chi connectivity index (χ3v) is 3.54. The molecule has 3 rings (SSSR count). The van der Waals surface area contributed by atoms with E-state index < -0.39 is 0 Å². The first-order valence-electron chi connectivity index (χ1n) is 6.58. The monoisotopic (exact) mass is 264 g/mol. The predicted octanol–water partition coefficient (Wildman–Crippen LogP) is 3.75. The smallest absolute Gasteiger partial charge is 0.274 e. The highest BCUT2D eigenvalue weighted by Crippen LogP contribution is 2.21. The van der Waals surface area contributed by atoms with E-state index in [0.717, 1.165) is 22.2 Å². The fourth-order valence-electron chi connectivity index (χ4n) is 2.37. The van der Waals surface area contributed by atoms with Crippen LogP contribution in [0.25, 0.3) is 10.9 Å². The number of aryl methyl sites for hydroxylation is 1. The van der Waals surface area contributed by atoms with Gasteiger partial charge < -0.3 is 9.88 Å². The third kappa shape index (κ3) is 2.07. The number of hydrogen-bond acceptors (Lipinski definition) is 1. The molecule has 100 valence electrons. The van der Waals surface area contributed by atoms with Gasteiger partial charge in [0.2, 0.25) is 0 Å². The summed E-state index contributed by atoms with van der Waals surface area (Å²) >= 11 is 0. The molecule has 1 amide bonds. The lowest BCUT2D eigenvalue weighted by Gasteiger charge is -2.16. The van der Waals surface area contributed by atoms with Crippen molar-refractivity contribution in [1.29, 1.82) is 0 Å². The fourth-order valence-corrected chi connectivity index (χ4v) is 2.37. The van der Waals surface area contributed by atoms with E-state index in [-0.39, 0.29) is 5.91 Å². The second-order valence-corrected chi connectivity index (χ2v) is 4.92. The lowest BCUT2D eigenvalue weighted by Crippen LogP contribution is -2.26. The molecule has 0 aliphatic carbocycles. The average Bonchev–Trinajstić information content (AvgIpc) is 2.92. The topological polar surface area (TPSA) is 36.1 Å². The molecular weight excluding hydrogens is 248 g/mol. The number of aromatic amines is 1. The van der Waals surface area contributed by atoms with Crippen LogP contribution in [-0.2, 0) is 0 Å². The van der Waals surface area contributed by atoms with Crippen LogP contribution in [0.3, 0.4) is 0 Å². The van der Waals surface area contributed by atoms with E-state index in [0.29, 0.717) is 5.69 Å². The quantitative estimate of drug-likeness (QED) is 0.751. The Labute approximate surface area is 117 Å². The second kappa shape index (κ2) is 4.85. The molecule has 1 heterocycles. The number of nitrogens with one attached hydrogen (secondary N) is 1. The SMILES string of the molecule is Cc1cccc2cc(C(=O)N(C)c3ccccc3)[nH]c12. The van der Waals surface area contributed by atoms with Crippen molar-refractivity contribution in [1.82, 2.24) is 4.98 Å². The minimum Gasteiger partial charge on any atom is -0.350 e. The molecule has 2 aromatic carbocycles. The summed E-state index contributed by atoms with van der Waals surface area (Å²) in [6.45, 7) is 2.04. The van der Waals surface area contributed by atoms with Crippen LogP contribution < -0.4 is 4.90 Å². The number of para-hydroxylation sites is 2. The summed E-state index contributed by atoms with van der Waals surface area (Å²) in [5, 5.41) is 1.06. The Morgan fingerprint density at radius 3 is 2.50 bits per heavy atom. The fraction of sp³-hybridized carbons (Fsp3) is 0.118. The molecule has 0 saturated carbocycles. The van der Waals surface area contributed by atoms with E-state index in [1.165, 1.54) is 0 Å². The highest BCUT2D eigenvalue weighted by molar-refractivity contribution is 6.07. The van der Waals surface area contributed by atoms with E-state index in [1.54, 1.807) is 11.9 Å². The van der Waals surface area contributed by atoms with Gasteiger partial charge in [-0.3, -0.25) is 4.79 Å². The van der Waals surface area contributed by atoms with Crippen LogP contribution in [0.5, 0.6) is 0 Å². The van der Waals surface area contributed by atoms with Crippen LogP contribution in [-0.4, -0.2) is 17.9 Å². The van der Waals surface area contributed by atoms with Gasteiger partial charge in [0.15, 0.2) is 0 Å². The lowest BCUT2D eigenvalue weighted by molar-refractivity contribution is 0.0989. The Morgan fingerprint density at radius 2 is 1.80 bits per heavy atom. The molecule has 0 saturated heterocycles. The Kier molecular flexibility index (Phi) is 3.03. The minimum absolute atomic E-state index is 0.0354. The molecule has 0 aliphatic heterocycles. The number of hydrogen-bond donors (Lipinski definition) is 1. The van der Waals surface area contributed by atoms with Crippen LogP contribution >= 0.6 is 0 Å². The van der Waals surface area contributed by atoms with Crippen molar-refractivity contribution >= 4 is 22.5 Å². The zero-order valence-electron chi connectivity index (χ0n) is 11.6. The van der Waals surface area contributed by atoms with Gasteiger partial charge in [-0.05, 0) is 30.7 Å². The van der Waals surface area contributed by atoms with Crippen molar-refractivity contribution in [2.45, 2.75) is 6.92 Å². The second-order valence-electron chi connectivity index (χ2n) is 4.92. The zero-order valence-corrected chi connectivity index (χ0v) is 11.6. The maximum atomic E-state index is 12.5.